The average Bonchev–Trinajstić information content (AvgIpc) is 2.62. The molecule has 0 aliphatic heterocycles. The minimum absolute atomic E-state index is 0.306. The van der Waals surface area contributed by atoms with Crippen LogP contribution in [0, 0.1) is 5.92 Å². The first kappa shape index (κ1) is 25.7. The Hall–Kier alpha value is -1.32. The molecule has 0 rings (SSSR count). The summed E-state index contributed by atoms with van der Waals surface area (Å²) in [5.74, 6) is -2.89. The van der Waals surface area contributed by atoms with E-state index in [1.54, 1.807) is 0 Å². The molecular weight excluding hydrogens is 340 g/mol. The van der Waals surface area contributed by atoms with Gasteiger partial charge in [-0.3, -0.25) is 9.59 Å². The molecule has 1 atom stereocenters. The minimum Gasteiger partial charge on any atom is -0.481 e. The molecule has 0 aromatic carbocycles. The van der Waals surface area contributed by atoms with Gasteiger partial charge in [0, 0.05) is 0 Å². The van der Waals surface area contributed by atoms with Gasteiger partial charge in [-0.25, -0.2) is 0 Å². The summed E-state index contributed by atoms with van der Waals surface area (Å²) >= 11 is 0. The lowest BCUT2D eigenvalue weighted by Crippen LogP contribution is -2.16. The Morgan fingerprint density at radius 3 is 1.56 bits per heavy atom. The second-order valence-electron chi connectivity index (χ2n) is 7.72. The van der Waals surface area contributed by atoms with Crippen LogP contribution in [0.4, 0.5) is 0 Å². The van der Waals surface area contributed by atoms with E-state index in [9.17, 15) is 9.59 Å². The van der Waals surface area contributed by atoms with Gasteiger partial charge in [-0.05, 0) is 19.3 Å². The third kappa shape index (κ3) is 19.3. The van der Waals surface area contributed by atoms with Gasteiger partial charge in [0.05, 0.1) is 12.3 Å². The Morgan fingerprint density at radius 2 is 1.15 bits per heavy atom. The second kappa shape index (κ2) is 19.4. The molecule has 1 unspecified atom stereocenters. The highest BCUT2D eigenvalue weighted by Gasteiger charge is 2.19. The van der Waals surface area contributed by atoms with E-state index in [1.165, 1.54) is 83.5 Å². The fraction of sp³-hybridized carbons (Fsp3) is 0.826. The zero-order chi connectivity index (χ0) is 20.2. The first-order valence-electron chi connectivity index (χ1n) is 11.2. The molecular formula is C23H42O4. The number of unbranched alkanes of at least 4 members (excludes halogenated alkanes) is 14. The summed E-state index contributed by atoms with van der Waals surface area (Å²) in [5.41, 5.74) is 0. The number of allylic oxidation sites excluding steroid dienone is 2. The van der Waals surface area contributed by atoms with Crippen LogP contribution in [0.5, 0.6) is 0 Å². The number of aliphatic carboxylic acids is 2. The first-order chi connectivity index (χ1) is 13.1. The van der Waals surface area contributed by atoms with Gasteiger partial charge in [-0.2, -0.15) is 0 Å². The van der Waals surface area contributed by atoms with E-state index in [2.05, 4.69) is 6.92 Å². The van der Waals surface area contributed by atoms with Crippen molar-refractivity contribution in [2.75, 3.05) is 0 Å². The van der Waals surface area contributed by atoms with Crippen LogP contribution in [0.2, 0.25) is 0 Å². The van der Waals surface area contributed by atoms with Crippen molar-refractivity contribution < 1.29 is 19.8 Å². The molecule has 0 saturated carbocycles. The topological polar surface area (TPSA) is 74.6 Å². The van der Waals surface area contributed by atoms with Crippen molar-refractivity contribution in [1.29, 1.82) is 0 Å². The van der Waals surface area contributed by atoms with Gasteiger partial charge in [0.15, 0.2) is 0 Å². The standard InChI is InChI=1S/C23H42O4/c1-2-3-4-5-6-7-8-9-10-11-12-13-14-15-16-17-18-19-21(23(26)27)20-22(24)25/h17-18,21H,2-16,19-20H2,1H3,(H,24,25)(H,26,27)/b18-17+. The third-order valence-corrected chi connectivity index (χ3v) is 5.08. The van der Waals surface area contributed by atoms with Crippen molar-refractivity contribution >= 4 is 11.9 Å². The lowest BCUT2D eigenvalue weighted by molar-refractivity contribution is -0.148. The van der Waals surface area contributed by atoms with Gasteiger partial charge < -0.3 is 10.2 Å². The molecule has 0 aliphatic rings. The van der Waals surface area contributed by atoms with Crippen LogP contribution in [0.25, 0.3) is 0 Å². The van der Waals surface area contributed by atoms with Gasteiger partial charge >= 0.3 is 11.9 Å². The normalized spacial score (nSPS) is 12.5. The predicted molar refractivity (Wildman–Crippen MR) is 112 cm³/mol. The molecule has 158 valence electrons. The smallest absolute Gasteiger partial charge is 0.307 e. The molecule has 0 aliphatic carbocycles. The Kier molecular flexibility index (Phi) is 18.5. The summed E-state index contributed by atoms with van der Waals surface area (Å²) in [7, 11) is 0. The fourth-order valence-corrected chi connectivity index (χ4v) is 3.32. The van der Waals surface area contributed by atoms with Crippen molar-refractivity contribution in [2.24, 2.45) is 5.92 Å². The van der Waals surface area contributed by atoms with Gasteiger partial charge in [0.2, 0.25) is 0 Å². The van der Waals surface area contributed by atoms with E-state index in [0.29, 0.717) is 6.42 Å². The summed E-state index contributed by atoms with van der Waals surface area (Å²) in [4.78, 5) is 21.5. The Balaban J connectivity index is 3.35. The van der Waals surface area contributed by atoms with Crippen LogP contribution in [-0.4, -0.2) is 22.2 Å². The molecule has 4 nitrogen and oxygen atoms in total. The van der Waals surface area contributed by atoms with Gasteiger partial charge in [-0.15, -0.1) is 0 Å². The van der Waals surface area contributed by atoms with E-state index < -0.39 is 17.9 Å². The van der Waals surface area contributed by atoms with Crippen LogP contribution in [0.1, 0.15) is 116 Å². The second-order valence-corrected chi connectivity index (χ2v) is 7.72. The fourth-order valence-electron chi connectivity index (χ4n) is 3.32. The molecule has 0 radical (unpaired) electrons. The number of rotatable bonds is 20. The predicted octanol–water partition coefficient (Wildman–Crippen LogP) is 6.98. The molecule has 0 amide bonds. The number of carbonyl (C=O) groups is 2. The highest BCUT2D eigenvalue weighted by molar-refractivity contribution is 5.77. The summed E-state index contributed by atoms with van der Waals surface area (Å²) < 4.78 is 0. The molecule has 0 spiro atoms. The Labute approximate surface area is 166 Å². The van der Waals surface area contributed by atoms with Crippen LogP contribution >= 0.6 is 0 Å². The molecule has 27 heavy (non-hydrogen) atoms. The number of carboxylic acids is 2. The highest BCUT2D eigenvalue weighted by Crippen LogP contribution is 2.14. The van der Waals surface area contributed by atoms with E-state index in [-0.39, 0.29) is 6.42 Å². The number of hydrogen-bond acceptors (Lipinski definition) is 2. The summed E-state index contributed by atoms with van der Waals surface area (Å²) in [6, 6.07) is 0. The van der Waals surface area contributed by atoms with Crippen LogP contribution in [0.15, 0.2) is 12.2 Å². The largest absolute Gasteiger partial charge is 0.481 e. The zero-order valence-corrected chi connectivity index (χ0v) is 17.5. The van der Waals surface area contributed by atoms with Crippen molar-refractivity contribution in [1.82, 2.24) is 0 Å². The Morgan fingerprint density at radius 1 is 0.704 bits per heavy atom. The maximum absolute atomic E-state index is 10.9. The maximum atomic E-state index is 10.9. The molecule has 2 N–H and O–H groups in total. The molecule has 0 fully saturated rings. The molecule has 0 saturated heterocycles. The molecule has 4 heteroatoms. The minimum atomic E-state index is -1.05. The van der Waals surface area contributed by atoms with Crippen molar-refractivity contribution in [3.05, 3.63) is 12.2 Å². The zero-order valence-electron chi connectivity index (χ0n) is 17.5. The van der Waals surface area contributed by atoms with Crippen molar-refractivity contribution in [3.8, 4) is 0 Å². The van der Waals surface area contributed by atoms with Crippen molar-refractivity contribution in [3.63, 3.8) is 0 Å². The lowest BCUT2D eigenvalue weighted by Gasteiger charge is -2.05. The summed E-state index contributed by atoms with van der Waals surface area (Å²) in [5, 5.41) is 17.6. The monoisotopic (exact) mass is 382 g/mol. The van der Waals surface area contributed by atoms with E-state index in [4.69, 9.17) is 10.2 Å². The SMILES string of the molecule is CCCCCCCCCCCCCCCC/C=C/CC(CC(=O)O)C(=O)O. The van der Waals surface area contributed by atoms with Gasteiger partial charge in [-0.1, -0.05) is 103 Å². The Bertz CT molecular complexity index is 390. The third-order valence-electron chi connectivity index (χ3n) is 5.08. The molecule has 0 heterocycles. The van der Waals surface area contributed by atoms with Crippen LogP contribution in [0.3, 0.4) is 0 Å². The van der Waals surface area contributed by atoms with Gasteiger partial charge in [0.25, 0.3) is 0 Å². The quantitative estimate of drug-likeness (QED) is 0.176. The summed E-state index contributed by atoms with van der Waals surface area (Å²) in [6.07, 6.45) is 23.6. The van der Waals surface area contributed by atoms with Gasteiger partial charge in [0.1, 0.15) is 0 Å². The van der Waals surface area contributed by atoms with Crippen LogP contribution in [-0.2, 0) is 9.59 Å². The van der Waals surface area contributed by atoms with E-state index in [0.717, 1.165) is 12.8 Å². The van der Waals surface area contributed by atoms with Crippen LogP contribution < -0.4 is 0 Å². The molecule has 0 aromatic heterocycles. The average molecular weight is 383 g/mol. The van der Waals surface area contributed by atoms with Crippen molar-refractivity contribution in [2.45, 2.75) is 116 Å². The lowest BCUT2D eigenvalue weighted by atomic mass is 10.0. The summed E-state index contributed by atoms with van der Waals surface area (Å²) in [6.45, 7) is 2.26. The van der Waals surface area contributed by atoms with E-state index in [1.807, 2.05) is 12.2 Å². The first-order valence-corrected chi connectivity index (χ1v) is 11.2. The van der Waals surface area contributed by atoms with E-state index >= 15 is 0 Å². The number of hydrogen-bond donors (Lipinski definition) is 2. The number of carboxylic acid groups (broad SMARTS) is 2. The molecule has 0 bridgehead atoms. The maximum Gasteiger partial charge on any atom is 0.307 e. The highest BCUT2D eigenvalue weighted by atomic mass is 16.4. The molecule has 0 aromatic rings.